The topological polar surface area (TPSA) is 98.7 Å². The molecule has 0 saturated carbocycles. The molecule has 0 rings (SSSR count). The predicted octanol–water partition coefficient (Wildman–Crippen LogP) is 0.406. The molecular weight excluding hydrogens is 250 g/mol. The smallest absolute Gasteiger partial charge is 0.323 e. The number of hydrogen-bond donors (Lipinski definition) is 3. The molecule has 110 valence electrons. The van der Waals surface area contributed by atoms with Crippen molar-refractivity contribution in [2.45, 2.75) is 46.2 Å². The molecule has 19 heavy (non-hydrogen) atoms. The summed E-state index contributed by atoms with van der Waals surface area (Å²) in [6.45, 7) is 8.57. The van der Waals surface area contributed by atoms with Gasteiger partial charge in [0, 0.05) is 6.04 Å². The van der Waals surface area contributed by atoms with E-state index >= 15 is 0 Å². The van der Waals surface area contributed by atoms with Gasteiger partial charge in [-0.3, -0.25) is 19.8 Å². The monoisotopic (exact) mass is 273 g/mol. The Morgan fingerprint density at radius 3 is 2.16 bits per heavy atom. The first-order valence-electron chi connectivity index (χ1n) is 6.20. The molecule has 3 amide bonds. The third-order valence-corrected chi connectivity index (χ3v) is 2.70. The van der Waals surface area contributed by atoms with E-state index in [-0.39, 0.29) is 12.6 Å². The van der Waals surface area contributed by atoms with Crippen LogP contribution in [0.2, 0.25) is 0 Å². The van der Waals surface area contributed by atoms with Gasteiger partial charge in [-0.05, 0) is 34.2 Å². The molecule has 0 atom stereocenters. The molecule has 0 aliphatic carbocycles. The molecule has 7 heteroatoms. The number of hydrogen-bond acceptors (Lipinski definition) is 4. The van der Waals surface area contributed by atoms with Crippen molar-refractivity contribution in [1.82, 2.24) is 15.5 Å². The number of carbonyl (C=O) groups is 3. The fourth-order valence-corrected chi connectivity index (χ4v) is 1.48. The van der Waals surface area contributed by atoms with Crippen LogP contribution in [-0.4, -0.2) is 52.6 Å². The van der Waals surface area contributed by atoms with Crippen LogP contribution in [0.5, 0.6) is 0 Å². The summed E-state index contributed by atoms with van der Waals surface area (Å²) in [5.41, 5.74) is -1.17. The molecule has 0 saturated heterocycles. The predicted molar refractivity (Wildman–Crippen MR) is 70.8 cm³/mol. The Balaban J connectivity index is 4.52. The van der Waals surface area contributed by atoms with Crippen LogP contribution in [0.25, 0.3) is 0 Å². The van der Waals surface area contributed by atoms with Crippen LogP contribution in [0.3, 0.4) is 0 Å². The second kappa shape index (κ2) is 7.08. The largest absolute Gasteiger partial charge is 0.480 e. The van der Waals surface area contributed by atoms with E-state index in [1.807, 2.05) is 0 Å². The maximum Gasteiger partial charge on any atom is 0.323 e. The summed E-state index contributed by atoms with van der Waals surface area (Å²) in [6, 6.07) is -0.658. The molecule has 0 bridgehead atoms. The van der Waals surface area contributed by atoms with Gasteiger partial charge >= 0.3 is 12.0 Å². The zero-order valence-electron chi connectivity index (χ0n) is 12.1. The summed E-state index contributed by atoms with van der Waals surface area (Å²) in [6.07, 6.45) is 0. The number of rotatable bonds is 6. The average molecular weight is 273 g/mol. The summed E-state index contributed by atoms with van der Waals surface area (Å²) < 4.78 is 0. The van der Waals surface area contributed by atoms with Crippen molar-refractivity contribution in [3.63, 3.8) is 0 Å². The number of aliphatic carboxylic acids is 1. The molecule has 0 fully saturated rings. The van der Waals surface area contributed by atoms with Crippen molar-refractivity contribution in [3.8, 4) is 0 Å². The van der Waals surface area contributed by atoms with Crippen molar-refractivity contribution in [3.05, 3.63) is 0 Å². The fraction of sp³-hybridized carbons (Fsp3) is 0.750. The number of amides is 3. The molecular formula is C12H23N3O4. The van der Waals surface area contributed by atoms with Gasteiger partial charge in [0.25, 0.3) is 0 Å². The van der Waals surface area contributed by atoms with E-state index in [0.29, 0.717) is 6.54 Å². The first-order valence-corrected chi connectivity index (χ1v) is 6.20. The van der Waals surface area contributed by atoms with Gasteiger partial charge in [-0.1, -0.05) is 6.92 Å². The number of nitrogens with one attached hydrogen (secondary N) is 2. The van der Waals surface area contributed by atoms with Crippen molar-refractivity contribution in [2.24, 2.45) is 0 Å². The number of urea groups is 1. The first-order chi connectivity index (χ1) is 8.61. The Morgan fingerprint density at radius 1 is 1.26 bits per heavy atom. The van der Waals surface area contributed by atoms with Gasteiger partial charge < -0.3 is 10.4 Å². The van der Waals surface area contributed by atoms with E-state index in [2.05, 4.69) is 10.6 Å². The van der Waals surface area contributed by atoms with Crippen LogP contribution >= 0.6 is 0 Å². The highest BCUT2D eigenvalue weighted by molar-refractivity contribution is 5.95. The quantitative estimate of drug-likeness (QED) is 0.651. The second-order valence-electron chi connectivity index (χ2n) is 5.05. The Morgan fingerprint density at radius 2 is 1.79 bits per heavy atom. The number of carboxylic acids is 1. The van der Waals surface area contributed by atoms with Gasteiger partial charge in [0.1, 0.15) is 5.54 Å². The highest BCUT2D eigenvalue weighted by Crippen LogP contribution is 2.13. The highest BCUT2D eigenvalue weighted by Gasteiger charge is 2.34. The van der Waals surface area contributed by atoms with E-state index in [9.17, 15) is 14.4 Å². The lowest BCUT2D eigenvalue weighted by atomic mass is 10.0. The minimum absolute atomic E-state index is 0.0782. The van der Waals surface area contributed by atoms with Crippen LogP contribution in [0, 0.1) is 0 Å². The van der Waals surface area contributed by atoms with E-state index in [1.54, 1.807) is 20.8 Å². The number of likely N-dealkylation sites (N-methyl/N-ethyl adjacent to an activating group) is 1. The van der Waals surface area contributed by atoms with Gasteiger partial charge in [-0.15, -0.1) is 0 Å². The maximum atomic E-state index is 11.7. The Bertz CT molecular complexity index is 353. The summed E-state index contributed by atoms with van der Waals surface area (Å²) in [5.74, 6) is -1.55. The van der Waals surface area contributed by atoms with Crippen LogP contribution in [0.1, 0.15) is 34.6 Å². The molecule has 0 radical (unpaired) electrons. The van der Waals surface area contributed by atoms with Gasteiger partial charge in [0.2, 0.25) is 5.91 Å². The first kappa shape index (κ1) is 17.4. The number of imide groups is 1. The normalized spacial score (nSPS) is 11.5. The van der Waals surface area contributed by atoms with E-state index < -0.39 is 23.4 Å². The summed E-state index contributed by atoms with van der Waals surface area (Å²) in [7, 11) is 0. The molecule has 0 aliphatic rings. The lowest BCUT2D eigenvalue weighted by Crippen LogP contribution is -2.54. The van der Waals surface area contributed by atoms with Gasteiger partial charge in [-0.2, -0.15) is 0 Å². The van der Waals surface area contributed by atoms with E-state index in [0.717, 1.165) is 0 Å². The molecule has 3 N–H and O–H groups in total. The average Bonchev–Trinajstić information content (AvgIpc) is 2.23. The molecule has 0 aliphatic heterocycles. The molecule has 0 aromatic rings. The molecule has 0 unspecified atom stereocenters. The minimum Gasteiger partial charge on any atom is -0.480 e. The van der Waals surface area contributed by atoms with Crippen LogP contribution < -0.4 is 10.6 Å². The molecule has 0 heterocycles. The zero-order chi connectivity index (χ0) is 15.2. The van der Waals surface area contributed by atoms with E-state index in [1.165, 1.54) is 18.7 Å². The van der Waals surface area contributed by atoms with Gasteiger partial charge in [0.15, 0.2) is 0 Å². The summed E-state index contributed by atoms with van der Waals surface area (Å²) in [5, 5.41) is 13.8. The number of carboxylic acid groups (broad SMARTS) is 1. The Hall–Kier alpha value is -1.63. The summed E-state index contributed by atoms with van der Waals surface area (Å²) >= 11 is 0. The molecule has 0 spiro atoms. The van der Waals surface area contributed by atoms with E-state index in [4.69, 9.17) is 5.11 Å². The third-order valence-electron chi connectivity index (χ3n) is 2.70. The zero-order valence-corrected chi connectivity index (χ0v) is 12.1. The molecule has 0 aromatic heterocycles. The van der Waals surface area contributed by atoms with Crippen molar-refractivity contribution < 1.29 is 19.5 Å². The van der Waals surface area contributed by atoms with Crippen LogP contribution in [-0.2, 0) is 9.59 Å². The molecule has 0 aromatic carbocycles. The second-order valence-corrected chi connectivity index (χ2v) is 5.05. The summed E-state index contributed by atoms with van der Waals surface area (Å²) in [4.78, 5) is 35.6. The van der Waals surface area contributed by atoms with Gasteiger partial charge in [-0.25, -0.2) is 4.79 Å². The molecule has 7 nitrogen and oxygen atoms in total. The standard InChI is InChI=1S/C12H23N3O4/c1-6-15(12(4,5)10(17)18)7-9(16)14-11(19)13-8(2)3/h8H,6-7H2,1-5H3,(H,17,18)(H2,13,14,16,19). The SMILES string of the molecule is CCN(CC(=O)NC(=O)NC(C)C)C(C)(C)C(=O)O. The lowest BCUT2D eigenvalue weighted by molar-refractivity contribution is -0.149. The maximum absolute atomic E-state index is 11.7. The fourth-order valence-electron chi connectivity index (χ4n) is 1.48. The third kappa shape index (κ3) is 5.69. The Labute approximate surface area is 113 Å². The van der Waals surface area contributed by atoms with Crippen molar-refractivity contribution in [2.75, 3.05) is 13.1 Å². The van der Waals surface area contributed by atoms with Crippen molar-refractivity contribution in [1.29, 1.82) is 0 Å². The van der Waals surface area contributed by atoms with Gasteiger partial charge in [0.05, 0.1) is 6.54 Å². The van der Waals surface area contributed by atoms with Crippen LogP contribution in [0.4, 0.5) is 4.79 Å². The lowest BCUT2D eigenvalue weighted by Gasteiger charge is -2.33. The highest BCUT2D eigenvalue weighted by atomic mass is 16.4. The number of nitrogens with zero attached hydrogens (tertiary/aromatic N) is 1. The Kier molecular flexibility index (Phi) is 6.47. The van der Waals surface area contributed by atoms with Crippen LogP contribution in [0.15, 0.2) is 0 Å². The minimum atomic E-state index is -1.17. The number of carbonyl (C=O) groups excluding carboxylic acids is 2. The van der Waals surface area contributed by atoms with Crippen molar-refractivity contribution >= 4 is 17.9 Å².